The van der Waals surface area contributed by atoms with Crippen LogP contribution in [0.5, 0.6) is 0 Å². The Balaban J connectivity index is 1.58. The highest BCUT2D eigenvalue weighted by Gasteiger charge is 2.30. The van der Waals surface area contributed by atoms with Gasteiger partial charge < -0.3 is 21.3 Å². The molecule has 1 aliphatic rings. The number of aryl methyl sites for hydroxylation is 2. The minimum atomic E-state index is -0.805. The van der Waals surface area contributed by atoms with E-state index in [9.17, 15) is 19.2 Å². The van der Waals surface area contributed by atoms with Gasteiger partial charge in [0.15, 0.2) is 0 Å². The molecule has 4 amide bonds. The smallest absolute Gasteiger partial charge is 0.271 e. The number of benzene rings is 1. The van der Waals surface area contributed by atoms with Gasteiger partial charge in [-0.1, -0.05) is 44.2 Å². The minimum Gasteiger partial charge on any atom is -0.354 e. The molecule has 1 aliphatic heterocycles. The van der Waals surface area contributed by atoms with Crippen molar-refractivity contribution in [2.24, 2.45) is 13.0 Å². The molecule has 0 saturated carbocycles. The number of nitrogens with one attached hydrogen (secondary N) is 4. The Labute approximate surface area is 243 Å². The maximum Gasteiger partial charge on any atom is 0.271 e. The molecule has 2 bridgehead atoms. The third kappa shape index (κ3) is 7.78. The molecular weight excluding hydrogens is 542 g/mol. The Hall–Kier alpha value is -4.06. The molecule has 3 aromatic rings. The van der Waals surface area contributed by atoms with Crippen molar-refractivity contribution in [1.82, 2.24) is 36.0 Å². The van der Waals surface area contributed by atoms with Gasteiger partial charge >= 0.3 is 0 Å². The fourth-order valence-corrected chi connectivity index (χ4v) is 5.75. The van der Waals surface area contributed by atoms with Crippen molar-refractivity contribution in [3.8, 4) is 0 Å². The van der Waals surface area contributed by atoms with Crippen LogP contribution < -0.4 is 21.3 Å². The Morgan fingerprint density at radius 3 is 2.56 bits per heavy atom. The highest BCUT2D eigenvalue weighted by Crippen LogP contribution is 2.26. The highest BCUT2D eigenvalue weighted by atomic mass is 32.1. The lowest BCUT2D eigenvalue weighted by atomic mass is 10.0. The van der Waals surface area contributed by atoms with Crippen LogP contribution in [-0.4, -0.2) is 57.0 Å². The van der Waals surface area contributed by atoms with Crippen LogP contribution in [0.1, 0.15) is 76.3 Å². The molecule has 12 heteroatoms. The van der Waals surface area contributed by atoms with Gasteiger partial charge in [0.05, 0.1) is 17.3 Å². The maximum absolute atomic E-state index is 13.5. The Kier molecular flexibility index (Phi) is 9.87. The van der Waals surface area contributed by atoms with Crippen molar-refractivity contribution in [3.05, 3.63) is 69.4 Å². The summed E-state index contributed by atoms with van der Waals surface area (Å²) in [5, 5.41) is 18.1. The zero-order valence-corrected chi connectivity index (χ0v) is 24.6. The van der Waals surface area contributed by atoms with E-state index in [1.165, 1.54) is 11.3 Å². The first-order valence-corrected chi connectivity index (χ1v) is 14.7. The van der Waals surface area contributed by atoms with Crippen LogP contribution in [-0.2, 0) is 23.1 Å². The number of aromatic nitrogens is 3. The largest absolute Gasteiger partial charge is 0.354 e. The summed E-state index contributed by atoms with van der Waals surface area (Å²) >= 11 is 1.27. The van der Waals surface area contributed by atoms with Crippen molar-refractivity contribution in [2.45, 2.75) is 64.6 Å². The van der Waals surface area contributed by atoms with Crippen LogP contribution in [0.25, 0.3) is 0 Å². The molecule has 0 spiro atoms. The molecule has 218 valence electrons. The third-order valence-corrected chi connectivity index (χ3v) is 7.92. The van der Waals surface area contributed by atoms with Crippen LogP contribution in [0.2, 0.25) is 0 Å². The second kappa shape index (κ2) is 13.5. The van der Waals surface area contributed by atoms with Gasteiger partial charge in [0.1, 0.15) is 22.8 Å². The molecule has 3 atom stereocenters. The molecule has 0 radical (unpaired) electrons. The average Bonchev–Trinajstić information content (AvgIpc) is 3.56. The number of thiazole rings is 1. The fourth-order valence-electron chi connectivity index (χ4n) is 4.73. The second-order valence-corrected chi connectivity index (χ2v) is 11.5. The lowest BCUT2D eigenvalue weighted by molar-refractivity contribution is -0.124. The summed E-state index contributed by atoms with van der Waals surface area (Å²) in [5.74, 6) is -1.50. The number of fused-ring (bicyclic) bond motifs is 2. The maximum atomic E-state index is 13.5. The molecule has 1 aromatic carbocycles. The summed E-state index contributed by atoms with van der Waals surface area (Å²) in [6.07, 6.45) is 3.50. The molecule has 4 N–H and O–H groups in total. The Morgan fingerprint density at radius 2 is 1.88 bits per heavy atom. The molecule has 0 aliphatic carbocycles. The highest BCUT2D eigenvalue weighted by molar-refractivity contribution is 7.09. The van der Waals surface area contributed by atoms with Gasteiger partial charge in [-0.3, -0.25) is 23.9 Å². The zero-order valence-electron chi connectivity index (χ0n) is 23.8. The third-order valence-electron chi connectivity index (χ3n) is 6.99. The van der Waals surface area contributed by atoms with E-state index in [1.807, 2.05) is 44.2 Å². The van der Waals surface area contributed by atoms with E-state index in [1.54, 1.807) is 30.2 Å². The van der Waals surface area contributed by atoms with Gasteiger partial charge in [-0.15, -0.1) is 11.3 Å². The summed E-state index contributed by atoms with van der Waals surface area (Å²) in [6, 6.07) is 7.46. The first-order chi connectivity index (χ1) is 19.6. The number of carbonyl (C=O) groups is 4. The zero-order chi connectivity index (χ0) is 29.5. The summed E-state index contributed by atoms with van der Waals surface area (Å²) in [4.78, 5) is 57.4. The van der Waals surface area contributed by atoms with E-state index in [4.69, 9.17) is 0 Å². The topological polar surface area (TPSA) is 147 Å². The van der Waals surface area contributed by atoms with E-state index < -0.39 is 24.0 Å². The molecule has 0 fully saturated rings. The van der Waals surface area contributed by atoms with E-state index in [0.29, 0.717) is 48.5 Å². The molecule has 3 heterocycles. The van der Waals surface area contributed by atoms with Gasteiger partial charge in [-0.25, -0.2) is 4.98 Å². The number of nitrogens with zero attached hydrogens (tertiary/aromatic N) is 3. The van der Waals surface area contributed by atoms with Crippen molar-refractivity contribution in [1.29, 1.82) is 0 Å². The van der Waals surface area contributed by atoms with E-state index in [-0.39, 0.29) is 29.3 Å². The van der Waals surface area contributed by atoms with Gasteiger partial charge in [0.2, 0.25) is 11.8 Å². The molecule has 41 heavy (non-hydrogen) atoms. The monoisotopic (exact) mass is 579 g/mol. The molecule has 4 rings (SSSR count). The van der Waals surface area contributed by atoms with E-state index in [2.05, 4.69) is 31.3 Å². The van der Waals surface area contributed by atoms with Gasteiger partial charge in [0.25, 0.3) is 11.8 Å². The Bertz CT molecular complexity index is 1380. The van der Waals surface area contributed by atoms with Crippen molar-refractivity contribution in [3.63, 3.8) is 0 Å². The number of amides is 4. The van der Waals surface area contributed by atoms with Crippen molar-refractivity contribution < 1.29 is 19.2 Å². The number of hydrogen-bond acceptors (Lipinski definition) is 7. The molecule has 11 nitrogen and oxygen atoms in total. The van der Waals surface area contributed by atoms with Gasteiger partial charge in [0, 0.05) is 31.6 Å². The van der Waals surface area contributed by atoms with Crippen molar-refractivity contribution >= 4 is 35.0 Å². The van der Waals surface area contributed by atoms with Crippen LogP contribution >= 0.6 is 11.3 Å². The van der Waals surface area contributed by atoms with Gasteiger partial charge in [-0.05, 0) is 37.7 Å². The second-order valence-electron chi connectivity index (χ2n) is 10.6. The summed E-state index contributed by atoms with van der Waals surface area (Å²) in [5.41, 5.74) is 2.08. The summed E-state index contributed by atoms with van der Waals surface area (Å²) in [6.45, 7) is 6.01. The van der Waals surface area contributed by atoms with Crippen LogP contribution in [0.3, 0.4) is 0 Å². The SMILES string of the molecule is Cc1nn(C)cc1C(=O)N[C@H]1CCCCNC(=O)[C@@H](Cc2ccccc2)NC(=O)c2csc(n2)[C@@H](C(C)C)NC1=O. The van der Waals surface area contributed by atoms with E-state index >= 15 is 0 Å². The Morgan fingerprint density at radius 1 is 1.12 bits per heavy atom. The molecular formula is C29H37N7O4S. The normalized spacial score (nSPS) is 20.7. The standard InChI is InChI=1S/C29H37N7O4S/c1-17(2)24-29-33-23(16-41-29)28(40)32-22(14-19-10-6-5-7-11-19)26(38)30-13-9-8-12-21(27(39)34-24)31-25(37)20-15-36(4)35-18(20)3/h5-7,10-11,15-17,21-22,24H,8-9,12-14H2,1-4H3,(H,30,38)(H,31,37)(H,32,40)(H,34,39)/t21-,22+,24+/m0/s1. The lowest BCUT2D eigenvalue weighted by Gasteiger charge is -2.25. The lowest BCUT2D eigenvalue weighted by Crippen LogP contribution is -2.49. The molecule has 0 saturated heterocycles. The number of hydrogen-bond donors (Lipinski definition) is 4. The van der Waals surface area contributed by atoms with Crippen LogP contribution in [0.4, 0.5) is 0 Å². The van der Waals surface area contributed by atoms with E-state index in [0.717, 1.165) is 5.56 Å². The fraction of sp³-hybridized carbons (Fsp3) is 0.448. The van der Waals surface area contributed by atoms with Crippen molar-refractivity contribution in [2.75, 3.05) is 6.54 Å². The quantitative estimate of drug-likeness (QED) is 0.365. The first-order valence-electron chi connectivity index (χ1n) is 13.8. The predicted octanol–water partition coefficient (Wildman–Crippen LogP) is 2.44. The predicted molar refractivity (Wildman–Crippen MR) is 155 cm³/mol. The number of carbonyl (C=O) groups excluding carboxylic acids is 4. The van der Waals surface area contributed by atoms with Crippen LogP contribution in [0, 0.1) is 12.8 Å². The summed E-state index contributed by atoms with van der Waals surface area (Å²) in [7, 11) is 1.73. The number of rotatable bonds is 5. The summed E-state index contributed by atoms with van der Waals surface area (Å²) < 4.78 is 1.56. The molecule has 2 aromatic heterocycles. The first kappa shape index (κ1) is 29.9. The van der Waals surface area contributed by atoms with Crippen LogP contribution in [0.15, 0.2) is 41.9 Å². The minimum absolute atomic E-state index is 0.0339. The van der Waals surface area contributed by atoms with Gasteiger partial charge in [-0.2, -0.15) is 5.10 Å². The molecule has 0 unspecified atom stereocenters. The average molecular weight is 580 g/mol.